The number of hydrogen-bond donors (Lipinski definition) is 1. The minimum Gasteiger partial charge on any atom is -0.445 e. The van der Waals surface area contributed by atoms with Crippen LogP contribution in [0.2, 0.25) is 0 Å². The Hall–Kier alpha value is -4.90. The van der Waals surface area contributed by atoms with Gasteiger partial charge in [0.15, 0.2) is 0 Å². The first-order valence-corrected chi connectivity index (χ1v) is 14.6. The van der Waals surface area contributed by atoms with Crippen LogP contribution < -0.4 is 5.32 Å². The number of nitrogens with zero attached hydrogens (tertiary/aromatic N) is 4. The van der Waals surface area contributed by atoms with Crippen molar-refractivity contribution in [3.8, 4) is 6.07 Å². The fourth-order valence-electron chi connectivity index (χ4n) is 5.10. The number of fused-ring (bicyclic) bond motifs is 1. The lowest BCUT2D eigenvalue weighted by Crippen LogP contribution is -2.49. The molecule has 4 rings (SSSR count). The number of hydrogen-bond acceptors (Lipinski definition) is 5. The molecule has 0 aliphatic rings. The van der Waals surface area contributed by atoms with Crippen LogP contribution in [0, 0.1) is 17.2 Å². The molecule has 222 valence electrons. The topological polar surface area (TPSA) is 100 Å². The first-order chi connectivity index (χ1) is 20.8. The number of amides is 2. The number of aromatic nitrogens is 2. The summed E-state index contributed by atoms with van der Waals surface area (Å²) in [6.07, 6.45) is 5.34. The Morgan fingerprint density at radius 1 is 1.12 bits per heavy atom. The molecule has 0 bridgehead atoms. The third-order valence-corrected chi connectivity index (χ3v) is 7.92. The van der Waals surface area contributed by atoms with Crippen molar-refractivity contribution in [2.75, 3.05) is 13.2 Å². The molecule has 0 saturated carbocycles. The predicted molar refractivity (Wildman–Crippen MR) is 168 cm³/mol. The largest absolute Gasteiger partial charge is 0.445 e. The van der Waals surface area contributed by atoms with Crippen molar-refractivity contribution in [2.45, 2.75) is 52.2 Å². The maximum atomic E-state index is 13.7. The van der Waals surface area contributed by atoms with Crippen LogP contribution in [0.5, 0.6) is 0 Å². The highest BCUT2D eigenvalue weighted by Crippen LogP contribution is 2.23. The normalized spacial score (nSPS) is 13.0. The Balaban J connectivity index is 1.53. The van der Waals surface area contributed by atoms with Crippen LogP contribution in [0.3, 0.4) is 0 Å². The molecule has 2 amide bonds. The number of nitriles is 1. The van der Waals surface area contributed by atoms with E-state index in [0.717, 1.165) is 34.0 Å². The molecular formula is C35H39N5O3. The van der Waals surface area contributed by atoms with Gasteiger partial charge in [0.25, 0.3) is 0 Å². The summed E-state index contributed by atoms with van der Waals surface area (Å²) < 4.78 is 7.42. The molecule has 1 heterocycles. The fourth-order valence-corrected chi connectivity index (χ4v) is 5.10. The zero-order valence-electron chi connectivity index (χ0n) is 25.1. The van der Waals surface area contributed by atoms with Crippen molar-refractivity contribution in [3.63, 3.8) is 0 Å². The molecule has 0 saturated heterocycles. The Kier molecular flexibility index (Phi) is 10.7. The lowest BCUT2D eigenvalue weighted by Gasteiger charge is -2.32. The van der Waals surface area contributed by atoms with Crippen molar-refractivity contribution in [1.29, 1.82) is 5.26 Å². The molecule has 0 aliphatic heterocycles. The highest BCUT2D eigenvalue weighted by atomic mass is 16.6. The van der Waals surface area contributed by atoms with Gasteiger partial charge in [0.2, 0.25) is 5.91 Å². The van der Waals surface area contributed by atoms with Gasteiger partial charge < -0.3 is 19.5 Å². The van der Waals surface area contributed by atoms with Gasteiger partial charge in [-0.05, 0) is 46.9 Å². The smallest absolute Gasteiger partial charge is 0.410 e. The number of benzene rings is 3. The average Bonchev–Trinajstić information content (AvgIpc) is 3.50. The number of carbonyl (C=O) groups is 2. The van der Waals surface area contributed by atoms with Crippen LogP contribution in [0.15, 0.2) is 91.9 Å². The summed E-state index contributed by atoms with van der Waals surface area (Å²) in [7, 11) is 0. The summed E-state index contributed by atoms with van der Waals surface area (Å²) in [5.41, 5.74) is 3.39. The van der Waals surface area contributed by atoms with Gasteiger partial charge in [-0.25, -0.2) is 9.78 Å². The van der Waals surface area contributed by atoms with Crippen molar-refractivity contribution >= 4 is 22.8 Å². The van der Waals surface area contributed by atoms with E-state index in [1.807, 2.05) is 47.9 Å². The van der Waals surface area contributed by atoms with E-state index in [-0.39, 0.29) is 31.0 Å². The molecule has 0 aliphatic carbocycles. The minimum absolute atomic E-state index is 0.0990. The van der Waals surface area contributed by atoms with Crippen molar-refractivity contribution in [2.24, 2.45) is 5.92 Å². The first-order valence-electron chi connectivity index (χ1n) is 14.6. The van der Waals surface area contributed by atoms with Crippen LogP contribution in [0.1, 0.15) is 55.5 Å². The minimum atomic E-state index is -0.480. The molecule has 4 aromatic rings. The molecule has 1 aromatic heterocycles. The summed E-state index contributed by atoms with van der Waals surface area (Å²) in [6.45, 7) is 10.9. The molecule has 1 N–H and O–H groups in total. The van der Waals surface area contributed by atoms with Crippen LogP contribution in [0.4, 0.5) is 4.79 Å². The molecule has 8 heteroatoms. The van der Waals surface area contributed by atoms with Crippen LogP contribution in [-0.4, -0.2) is 45.6 Å². The second kappa shape index (κ2) is 14.8. The van der Waals surface area contributed by atoms with Gasteiger partial charge in [-0.1, -0.05) is 87.5 Å². The molecule has 0 spiro atoms. The van der Waals surface area contributed by atoms with Crippen molar-refractivity contribution in [1.82, 2.24) is 19.8 Å². The summed E-state index contributed by atoms with van der Waals surface area (Å²) in [5.74, 6) is -0.523. The Labute approximate surface area is 253 Å². The standard InChI is InChI=1S/C35H39N5O3/c1-5-18-43-35(42)39(22-30-12-9-11-29-10-7-8-13-31(29)30)23-32(25(3)6-2)38-34(41)26(4)33-20-37-24-40(33)21-28-16-14-27(19-36)15-17-28/h5,7-17,20,24-26,32H,1,6,18,21-23H2,2-4H3,(H,38,41)/t25?,26-,32?/m0/s1. The molecular weight excluding hydrogens is 538 g/mol. The van der Waals surface area contributed by atoms with E-state index in [2.05, 4.69) is 55.0 Å². The van der Waals surface area contributed by atoms with Crippen LogP contribution in [-0.2, 0) is 22.6 Å². The van der Waals surface area contributed by atoms with Gasteiger partial charge in [0, 0.05) is 37.6 Å². The number of carbonyl (C=O) groups excluding carboxylic acids is 2. The van der Waals surface area contributed by atoms with E-state index in [9.17, 15) is 9.59 Å². The predicted octanol–water partition coefficient (Wildman–Crippen LogP) is 6.42. The van der Waals surface area contributed by atoms with E-state index in [1.54, 1.807) is 35.6 Å². The second-order valence-corrected chi connectivity index (χ2v) is 10.9. The molecule has 3 aromatic carbocycles. The number of ether oxygens (including phenoxy) is 1. The summed E-state index contributed by atoms with van der Waals surface area (Å²) >= 11 is 0. The van der Waals surface area contributed by atoms with Crippen LogP contribution >= 0.6 is 0 Å². The lowest BCUT2D eigenvalue weighted by atomic mass is 9.96. The quantitative estimate of drug-likeness (QED) is 0.185. The number of imidazole rings is 1. The van der Waals surface area contributed by atoms with Gasteiger partial charge in [-0.15, -0.1) is 0 Å². The Morgan fingerprint density at radius 2 is 1.86 bits per heavy atom. The first kappa shape index (κ1) is 31.0. The Morgan fingerprint density at radius 3 is 2.58 bits per heavy atom. The number of rotatable bonds is 13. The fraction of sp³-hybridized carbons (Fsp3) is 0.314. The molecule has 3 atom stereocenters. The highest BCUT2D eigenvalue weighted by Gasteiger charge is 2.28. The van der Waals surface area contributed by atoms with E-state index >= 15 is 0 Å². The summed E-state index contributed by atoms with van der Waals surface area (Å²) in [6, 6.07) is 23.3. The molecule has 0 fully saturated rings. The van der Waals surface area contributed by atoms with Gasteiger partial charge in [0.05, 0.1) is 23.9 Å². The van der Waals surface area contributed by atoms with Gasteiger partial charge >= 0.3 is 6.09 Å². The summed E-state index contributed by atoms with van der Waals surface area (Å²) in [5, 5.41) is 14.5. The van der Waals surface area contributed by atoms with Crippen molar-refractivity contribution in [3.05, 3.63) is 114 Å². The van der Waals surface area contributed by atoms with E-state index < -0.39 is 12.0 Å². The van der Waals surface area contributed by atoms with E-state index in [4.69, 9.17) is 10.00 Å². The molecule has 2 unspecified atom stereocenters. The molecule has 0 radical (unpaired) electrons. The van der Waals surface area contributed by atoms with Crippen LogP contribution in [0.25, 0.3) is 10.8 Å². The summed E-state index contributed by atoms with van der Waals surface area (Å²) in [4.78, 5) is 32.9. The van der Waals surface area contributed by atoms with Gasteiger partial charge in [-0.3, -0.25) is 4.79 Å². The second-order valence-electron chi connectivity index (χ2n) is 10.9. The maximum Gasteiger partial charge on any atom is 0.410 e. The van der Waals surface area contributed by atoms with E-state index in [0.29, 0.717) is 18.7 Å². The van der Waals surface area contributed by atoms with E-state index in [1.165, 1.54) is 0 Å². The zero-order valence-corrected chi connectivity index (χ0v) is 25.1. The monoisotopic (exact) mass is 577 g/mol. The zero-order chi connectivity index (χ0) is 30.8. The third kappa shape index (κ3) is 7.89. The SMILES string of the molecule is C=CCOC(=O)N(Cc1cccc2ccccc12)CC(NC(=O)[C@@H](C)c1cncn1Cc1ccc(C#N)cc1)C(C)CC. The van der Waals surface area contributed by atoms with Crippen molar-refractivity contribution < 1.29 is 14.3 Å². The molecule has 8 nitrogen and oxygen atoms in total. The average molecular weight is 578 g/mol. The highest BCUT2D eigenvalue weighted by molar-refractivity contribution is 5.86. The maximum absolute atomic E-state index is 13.7. The molecule has 43 heavy (non-hydrogen) atoms. The van der Waals surface area contributed by atoms with Gasteiger partial charge in [-0.2, -0.15) is 5.26 Å². The third-order valence-electron chi connectivity index (χ3n) is 7.92. The lowest BCUT2D eigenvalue weighted by molar-refractivity contribution is -0.123. The van der Waals surface area contributed by atoms with Gasteiger partial charge in [0.1, 0.15) is 6.61 Å². The number of nitrogens with one attached hydrogen (secondary N) is 1. The Bertz CT molecular complexity index is 1580.